The van der Waals surface area contributed by atoms with E-state index in [1.807, 2.05) is 13.0 Å². The van der Waals surface area contributed by atoms with E-state index in [1.54, 1.807) is 0 Å². The van der Waals surface area contributed by atoms with Crippen molar-refractivity contribution in [1.82, 2.24) is 10.9 Å². The monoisotopic (exact) mass is 307 g/mol. The van der Waals surface area contributed by atoms with Gasteiger partial charge in [0.2, 0.25) is 5.91 Å². The first-order valence-corrected chi connectivity index (χ1v) is 7.89. The molecule has 0 aliphatic rings. The van der Waals surface area contributed by atoms with E-state index in [4.69, 9.17) is 5.73 Å². The van der Waals surface area contributed by atoms with Gasteiger partial charge in [0.15, 0.2) is 5.11 Å². The largest absolute Gasteiger partial charge is 0.375 e. The number of hydrogen-bond donors (Lipinski definition) is 3. The fourth-order valence-electron chi connectivity index (χ4n) is 2.16. The average molecular weight is 307 g/mol. The molecule has 0 radical (unpaired) electrons. The molecule has 116 valence electrons. The number of hydrogen-bond acceptors (Lipinski definition) is 2. The fourth-order valence-corrected chi connectivity index (χ4v) is 2.21. The maximum Gasteiger partial charge on any atom is 0.241 e. The summed E-state index contributed by atoms with van der Waals surface area (Å²) < 4.78 is 0. The van der Waals surface area contributed by atoms with Crippen molar-refractivity contribution >= 4 is 23.2 Å². The molecule has 1 aromatic carbocycles. The summed E-state index contributed by atoms with van der Waals surface area (Å²) in [6.45, 7) is 1.92. The molecular formula is C16H25N3OS. The van der Waals surface area contributed by atoms with Crippen LogP contribution >= 0.6 is 12.2 Å². The first kappa shape index (κ1) is 17.4. The van der Waals surface area contributed by atoms with Gasteiger partial charge in [0.25, 0.3) is 0 Å². The number of carbonyl (C=O) groups is 1. The van der Waals surface area contributed by atoms with E-state index < -0.39 is 0 Å². The zero-order valence-electron chi connectivity index (χ0n) is 12.6. The topological polar surface area (TPSA) is 67.2 Å². The normalized spacial score (nSPS) is 11.7. The number of benzene rings is 1. The van der Waals surface area contributed by atoms with Crippen LogP contribution in [0.2, 0.25) is 0 Å². The summed E-state index contributed by atoms with van der Waals surface area (Å²) in [6, 6.07) is 10.5. The Morgan fingerprint density at radius 2 is 1.81 bits per heavy atom. The maximum atomic E-state index is 11.7. The molecular weight excluding hydrogens is 282 g/mol. The highest BCUT2D eigenvalue weighted by atomic mass is 32.1. The Morgan fingerprint density at radius 3 is 2.48 bits per heavy atom. The van der Waals surface area contributed by atoms with Crippen molar-refractivity contribution in [3.63, 3.8) is 0 Å². The zero-order chi connectivity index (χ0) is 15.5. The highest BCUT2D eigenvalue weighted by Gasteiger charge is 2.11. The maximum absolute atomic E-state index is 11.7. The molecule has 4 N–H and O–H groups in total. The molecule has 0 bridgehead atoms. The number of thiocarbonyl (C=S) groups is 1. The lowest BCUT2D eigenvalue weighted by atomic mass is 10.0. The van der Waals surface area contributed by atoms with Crippen LogP contribution in [0.5, 0.6) is 0 Å². The lowest BCUT2D eigenvalue weighted by molar-refractivity contribution is -0.125. The van der Waals surface area contributed by atoms with E-state index in [0.717, 1.165) is 25.7 Å². The third-order valence-corrected chi connectivity index (χ3v) is 3.55. The number of nitrogens with one attached hydrogen (secondary N) is 2. The van der Waals surface area contributed by atoms with Crippen LogP contribution in [0, 0.1) is 5.92 Å². The predicted octanol–water partition coefficient (Wildman–Crippen LogP) is 2.68. The smallest absolute Gasteiger partial charge is 0.241 e. The molecule has 0 aliphatic heterocycles. The van der Waals surface area contributed by atoms with Gasteiger partial charge in [-0.25, -0.2) is 0 Å². The van der Waals surface area contributed by atoms with Gasteiger partial charge in [0.1, 0.15) is 0 Å². The number of nitrogens with two attached hydrogens (primary N) is 1. The molecule has 0 fully saturated rings. The molecule has 21 heavy (non-hydrogen) atoms. The molecule has 0 aliphatic carbocycles. The van der Waals surface area contributed by atoms with E-state index in [0.29, 0.717) is 0 Å². The molecule has 4 nitrogen and oxygen atoms in total. The first-order chi connectivity index (χ1) is 10.1. The Labute approximate surface area is 132 Å². The van der Waals surface area contributed by atoms with Gasteiger partial charge in [-0.05, 0) is 37.0 Å². The van der Waals surface area contributed by atoms with Crippen molar-refractivity contribution in [2.45, 2.75) is 45.4 Å². The van der Waals surface area contributed by atoms with Crippen LogP contribution < -0.4 is 16.6 Å². The molecule has 0 spiro atoms. The van der Waals surface area contributed by atoms with Crippen molar-refractivity contribution in [3.05, 3.63) is 35.9 Å². The number of rotatable bonds is 8. The van der Waals surface area contributed by atoms with Gasteiger partial charge in [-0.1, -0.05) is 56.5 Å². The lowest BCUT2D eigenvalue weighted by Gasteiger charge is -2.12. The highest BCUT2D eigenvalue weighted by molar-refractivity contribution is 7.80. The van der Waals surface area contributed by atoms with E-state index in [9.17, 15) is 4.79 Å². The van der Waals surface area contributed by atoms with Gasteiger partial charge >= 0.3 is 0 Å². The summed E-state index contributed by atoms with van der Waals surface area (Å²) in [4.78, 5) is 11.7. The molecule has 0 saturated carbocycles. The van der Waals surface area contributed by atoms with Crippen molar-refractivity contribution in [2.24, 2.45) is 11.7 Å². The molecule has 5 heteroatoms. The SMILES string of the molecule is CC(CCCCCCc1ccccc1)C(=O)NNC(N)=S. The fraction of sp³-hybridized carbons (Fsp3) is 0.500. The Kier molecular flexibility index (Phi) is 8.43. The lowest BCUT2D eigenvalue weighted by Crippen LogP contribution is -2.46. The van der Waals surface area contributed by atoms with Crippen molar-refractivity contribution in [1.29, 1.82) is 0 Å². The summed E-state index contributed by atoms with van der Waals surface area (Å²) in [6.07, 6.45) is 6.65. The van der Waals surface area contributed by atoms with E-state index in [-0.39, 0.29) is 16.9 Å². The second kappa shape index (κ2) is 10.2. The number of carbonyl (C=O) groups excluding carboxylic acids is 1. The van der Waals surface area contributed by atoms with Gasteiger partial charge < -0.3 is 5.73 Å². The van der Waals surface area contributed by atoms with Crippen LogP contribution in [0.1, 0.15) is 44.6 Å². The van der Waals surface area contributed by atoms with Crippen LogP contribution in [0.4, 0.5) is 0 Å². The van der Waals surface area contributed by atoms with Gasteiger partial charge in [-0.3, -0.25) is 15.6 Å². The van der Waals surface area contributed by atoms with Gasteiger partial charge in [0, 0.05) is 5.92 Å². The molecule has 1 unspecified atom stereocenters. The van der Waals surface area contributed by atoms with Crippen LogP contribution in [0.15, 0.2) is 30.3 Å². The quantitative estimate of drug-likeness (QED) is 0.392. The Hall–Kier alpha value is -1.62. The number of unbranched alkanes of at least 4 members (excludes halogenated alkanes) is 3. The summed E-state index contributed by atoms with van der Waals surface area (Å²) in [7, 11) is 0. The minimum atomic E-state index is -0.0629. The van der Waals surface area contributed by atoms with E-state index in [1.165, 1.54) is 18.4 Å². The zero-order valence-corrected chi connectivity index (χ0v) is 13.4. The van der Waals surface area contributed by atoms with Gasteiger partial charge in [-0.2, -0.15) is 0 Å². The second-order valence-corrected chi connectivity index (χ2v) is 5.76. The molecule has 1 amide bonds. The van der Waals surface area contributed by atoms with Crippen molar-refractivity contribution in [3.8, 4) is 0 Å². The summed E-state index contributed by atoms with van der Waals surface area (Å²) >= 11 is 4.63. The minimum Gasteiger partial charge on any atom is -0.375 e. The van der Waals surface area contributed by atoms with E-state index >= 15 is 0 Å². The summed E-state index contributed by atoms with van der Waals surface area (Å²) in [5, 5.41) is 0.0801. The molecule has 0 aromatic heterocycles. The van der Waals surface area contributed by atoms with Crippen LogP contribution in [-0.2, 0) is 11.2 Å². The third-order valence-electron chi connectivity index (χ3n) is 3.45. The van der Waals surface area contributed by atoms with Crippen molar-refractivity contribution < 1.29 is 4.79 Å². The summed E-state index contributed by atoms with van der Waals surface area (Å²) in [5.74, 6) is -0.0898. The summed E-state index contributed by atoms with van der Waals surface area (Å²) in [5.41, 5.74) is 11.6. The average Bonchev–Trinajstić information content (AvgIpc) is 2.49. The predicted molar refractivity (Wildman–Crippen MR) is 90.5 cm³/mol. The first-order valence-electron chi connectivity index (χ1n) is 7.49. The molecule has 1 rings (SSSR count). The molecule has 1 atom stereocenters. The third kappa shape index (κ3) is 8.30. The van der Waals surface area contributed by atoms with Gasteiger partial charge in [0.05, 0.1) is 0 Å². The number of amides is 1. The van der Waals surface area contributed by atoms with Gasteiger partial charge in [-0.15, -0.1) is 0 Å². The Morgan fingerprint density at radius 1 is 1.14 bits per heavy atom. The number of hydrazine groups is 1. The Balaban J connectivity index is 2.03. The van der Waals surface area contributed by atoms with Crippen molar-refractivity contribution in [2.75, 3.05) is 0 Å². The molecule has 0 saturated heterocycles. The van der Waals surface area contributed by atoms with Crippen LogP contribution in [-0.4, -0.2) is 11.0 Å². The molecule has 1 aromatic rings. The van der Waals surface area contributed by atoms with Crippen LogP contribution in [0.3, 0.4) is 0 Å². The minimum absolute atomic E-state index is 0.0269. The second-order valence-electron chi connectivity index (χ2n) is 5.32. The van der Waals surface area contributed by atoms with Crippen LogP contribution in [0.25, 0.3) is 0 Å². The standard InChI is InChI=1S/C16H25N3OS/c1-13(15(20)18-19-16(17)21)9-5-2-3-6-10-14-11-7-4-8-12-14/h4,7-8,11-13H,2-3,5-6,9-10H2,1H3,(H,18,20)(H3,17,19,21). The molecule has 0 heterocycles. The highest BCUT2D eigenvalue weighted by Crippen LogP contribution is 2.12. The van der Waals surface area contributed by atoms with E-state index in [2.05, 4.69) is 47.3 Å². The number of aryl methyl sites for hydroxylation is 1. The Bertz CT molecular complexity index is 436.